The Labute approximate surface area is 148 Å². The van der Waals surface area contributed by atoms with Crippen LogP contribution in [0.25, 0.3) is 5.65 Å². The third-order valence-corrected chi connectivity index (χ3v) is 4.40. The molecule has 1 saturated heterocycles. The molecule has 3 aromatic heterocycles. The molecule has 4 heterocycles. The number of urea groups is 1. The fourth-order valence-corrected chi connectivity index (χ4v) is 3.02. The summed E-state index contributed by atoms with van der Waals surface area (Å²) < 4.78 is 1.40. The standard InChI is InChI=1S/C18H15N5O3/c1-18(13-6-2-4-8-19-13)16(25)23(17(26)21-18)11-12-10-15(24)22-9-5-3-7-14(22)20-12/h2-10H,11H2,1H3,(H,21,26). The number of nitrogens with one attached hydrogen (secondary N) is 1. The highest BCUT2D eigenvalue weighted by Gasteiger charge is 2.50. The minimum atomic E-state index is -1.25. The van der Waals surface area contributed by atoms with Gasteiger partial charge in [-0.05, 0) is 31.2 Å². The van der Waals surface area contributed by atoms with Crippen LogP contribution in [-0.4, -0.2) is 31.2 Å². The van der Waals surface area contributed by atoms with Crippen molar-refractivity contribution >= 4 is 17.6 Å². The van der Waals surface area contributed by atoms with Gasteiger partial charge in [0.1, 0.15) is 5.65 Å². The van der Waals surface area contributed by atoms with Crippen LogP contribution in [0, 0.1) is 0 Å². The lowest BCUT2D eigenvalue weighted by atomic mass is 9.97. The Bertz CT molecular complexity index is 1080. The van der Waals surface area contributed by atoms with E-state index < -0.39 is 17.5 Å². The van der Waals surface area contributed by atoms with Crippen LogP contribution in [-0.2, 0) is 16.9 Å². The average Bonchev–Trinajstić information content (AvgIpc) is 2.87. The van der Waals surface area contributed by atoms with Gasteiger partial charge in [0.2, 0.25) is 0 Å². The maximum atomic E-state index is 12.9. The van der Waals surface area contributed by atoms with E-state index in [-0.39, 0.29) is 12.1 Å². The lowest BCUT2D eigenvalue weighted by molar-refractivity contribution is -0.131. The lowest BCUT2D eigenvalue weighted by Gasteiger charge is -2.20. The number of carbonyl (C=O) groups excluding carboxylic acids is 2. The normalized spacial score (nSPS) is 19.8. The molecule has 0 spiro atoms. The Morgan fingerprint density at radius 3 is 2.69 bits per heavy atom. The second-order valence-electron chi connectivity index (χ2n) is 6.18. The molecule has 1 N–H and O–H groups in total. The number of amides is 3. The summed E-state index contributed by atoms with van der Waals surface area (Å²) in [5.74, 6) is -0.434. The largest absolute Gasteiger partial charge is 0.325 e. The fourth-order valence-electron chi connectivity index (χ4n) is 3.02. The van der Waals surface area contributed by atoms with E-state index >= 15 is 0 Å². The van der Waals surface area contributed by atoms with Crippen LogP contribution in [0.4, 0.5) is 4.79 Å². The average molecular weight is 349 g/mol. The summed E-state index contributed by atoms with van der Waals surface area (Å²) in [7, 11) is 0. The van der Waals surface area contributed by atoms with Crippen LogP contribution in [0.2, 0.25) is 0 Å². The van der Waals surface area contributed by atoms with Gasteiger partial charge < -0.3 is 5.32 Å². The monoisotopic (exact) mass is 349 g/mol. The Hall–Kier alpha value is -3.55. The molecule has 3 amide bonds. The first-order valence-electron chi connectivity index (χ1n) is 8.02. The first-order chi connectivity index (χ1) is 12.5. The molecular formula is C18H15N5O3. The molecule has 26 heavy (non-hydrogen) atoms. The Kier molecular flexibility index (Phi) is 3.54. The topological polar surface area (TPSA) is 96.7 Å². The first kappa shape index (κ1) is 15.9. The Morgan fingerprint density at radius 1 is 1.12 bits per heavy atom. The number of fused-ring (bicyclic) bond motifs is 1. The highest BCUT2D eigenvalue weighted by atomic mass is 16.2. The van der Waals surface area contributed by atoms with Crippen molar-refractivity contribution in [3.05, 3.63) is 76.6 Å². The summed E-state index contributed by atoms with van der Waals surface area (Å²) in [5.41, 5.74) is -0.272. The van der Waals surface area contributed by atoms with Gasteiger partial charge in [-0.25, -0.2) is 9.78 Å². The molecule has 0 aromatic carbocycles. The summed E-state index contributed by atoms with van der Waals surface area (Å²) in [6, 6.07) is 11.1. The molecule has 8 heteroatoms. The number of hydrogen-bond donors (Lipinski definition) is 1. The first-order valence-corrected chi connectivity index (χ1v) is 8.02. The van der Waals surface area contributed by atoms with E-state index in [9.17, 15) is 14.4 Å². The number of nitrogens with zero attached hydrogens (tertiary/aromatic N) is 4. The molecule has 1 aliphatic heterocycles. The van der Waals surface area contributed by atoms with E-state index in [1.54, 1.807) is 55.7 Å². The van der Waals surface area contributed by atoms with Crippen LogP contribution in [0.15, 0.2) is 59.7 Å². The number of pyridine rings is 2. The summed E-state index contributed by atoms with van der Waals surface area (Å²) in [5, 5.41) is 2.68. The van der Waals surface area contributed by atoms with Gasteiger partial charge in [0.15, 0.2) is 5.54 Å². The minimum Gasteiger partial charge on any atom is -0.318 e. The van der Waals surface area contributed by atoms with Gasteiger partial charge >= 0.3 is 6.03 Å². The van der Waals surface area contributed by atoms with Gasteiger partial charge in [-0.15, -0.1) is 0 Å². The third-order valence-electron chi connectivity index (χ3n) is 4.40. The van der Waals surface area contributed by atoms with Crippen molar-refractivity contribution in [1.82, 2.24) is 24.6 Å². The third kappa shape index (κ3) is 2.43. The Balaban J connectivity index is 1.68. The minimum absolute atomic E-state index is 0.0896. The van der Waals surface area contributed by atoms with E-state index in [1.807, 2.05) is 0 Å². The predicted octanol–water partition coefficient (Wildman–Crippen LogP) is 1.06. The van der Waals surface area contributed by atoms with Crippen molar-refractivity contribution in [3.8, 4) is 0 Å². The second kappa shape index (κ2) is 5.76. The molecule has 1 unspecified atom stereocenters. The van der Waals surface area contributed by atoms with Gasteiger partial charge in [0, 0.05) is 18.5 Å². The van der Waals surface area contributed by atoms with Crippen LogP contribution < -0.4 is 10.9 Å². The molecule has 8 nitrogen and oxygen atoms in total. The van der Waals surface area contributed by atoms with Crippen molar-refractivity contribution in [2.45, 2.75) is 19.0 Å². The molecule has 4 rings (SSSR count). The lowest BCUT2D eigenvalue weighted by Crippen LogP contribution is -2.41. The molecule has 3 aromatic rings. The maximum absolute atomic E-state index is 12.9. The van der Waals surface area contributed by atoms with Crippen LogP contribution in [0.3, 0.4) is 0 Å². The molecule has 130 valence electrons. The van der Waals surface area contributed by atoms with Gasteiger partial charge in [0.05, 0.1) is 17.9 Å². The quantitative estimate of drug-likeness (QED) is 0.713. The van der Waals surface area contributed by atoms with E-state index in [4.69, 9.17) is 0 Å². The zero-order chi connectivity index (χ0) is 18.3. The van der Waals surface area contributed by atoms with Gasteiger partial charge in [-0.2, -0.15) is 0 Å². The van der Waals surface area contributed by atoms with Crippen molar-refractivity contribution in [2.75, 3.05) is 0 Å². The second-order valence-corrected chi connectivity index (χ2v) is 6.18. The number of rotatable bonds is 3. The van der Waals surface area contributed by atoms with Gasteiger partial charge in [-0.1, -0.05) is 12.1 Å². The highest BCUT2D eigenvalue weighted by molar-refractivity contribution is 6.06. The summed E-state index contributed by atoms with van der Waals surface area (Å²) >= 11 is 0. The van der Waals surface area contributed by atoms with Crippen molar-refractivity contribution in [3.63, 3.8) is 0 Å². The van der Waals surface area contributed by atoms with Crippen LogP contribution in [0.5, 0.6) is 0 Å². The molecule has 1 aliphatic rings. The van der Waals surface area contributed by atoms with Crippen molar-refractivity contribution in [2.24, 2.45) is 0 Å². The molecule has 0 radical (unpaired) electrons. The zero-order valence-corrected chi connectivity index (χ0v) is 13.9. The van der Waals surface area contributed by atoms with Gasteiger partial charge in [0.25, 0.3) is 11.5 Å². The number of aromatic nitrogens is 3. The van der Waals surface area contributed by atoms with E-state index in [1.165, 1.54) is 10.5 Å². The molecule has 1 atom stereocenters. The zero-order valence-electron chi connectivity index (χ0n) is 13.9. The van der Waals surface area contributed by atoms with E-state index in [0.29, 0.717) is 17.0 Å². The smallest absolute Gasteiger partial charge is 0.318 e. The summed E-state index contributed by atoms with van der Waals surface area (Å²) in [4.78, 5) is 47.1. The van der Waals surface area contributed by atoms with Crippen molar-refractivity contribution < 1.29 is 9.59 Å². The molecule has 1 fully saturated rings. The number of carbonyl (C=O) groups is 2. The summed E-state index contributed by atoms with van der Waals surface area (Å²) in [6.45, 7) is 1.52. The molecular weight excluding hydrogens is 334 g/mol. The van der Waals surface area contributed by atoms with E-state index in [2.05, 4.69) is 15.3 Å². The number of imide groups is 1. The molecule has 0 saturated carbocycles. The summed E-state index contributed by atoms with van der Waals surface area (Å²) in [6.07, 6.45) is 3.18. The Morgan fingerprint density at radius 2 is 1.92 bits per heavy atom. The highest BCUT2D eigenvalue weighted by Crippen LogP contribution is 2.27. The molecule has 0 aliphatic carbocycles. The predicted molar refractivity (Wildman–Crippen MR) is 92.1 cm³/mol. The fraction of sp³-hybridized carbons (Fsp3) is 0.167. The molecule has 0 bridgehead atoms. The maximum Gasteiger partial charge on any atom is 0.325 e. The van der Waals surface area contributed by atoms with Crippen LogP contribution >= 0.6 is 0 Å². The SMILES string of the molecule is CC1(c2ccccn2)NC(=O)N(Cc2cc(=O)n3ccccc3n2)C1=O. The van der Waals surface area contributed by atoms with E-state index in [0.717, 1.165) is 4.90 Å². The van der Waals surface area contributed by atoms with Crippen molar-refractivity contribution in [1.29, 1.82) is 0 Å². The number of hydrogen-bond acceptors (Lipinski definition) is 5. The van der Waals surface area contributed by atoms with Crippen LogP contribution in [0.1, 0.15) is 18.3 Å². The van der Waals surface area contributed by atoms with Gasteiger partial charge in [-0.3, -0.25) is 23.9 Å².